The van der Waals surface area contributed by atoms with Gasteiger partial charge in [-0.3, -0.25) is 9.59 Å². The summed E-state index contributed by atoms with van der Waals surface area (Å²) in [5.41, 5.74) is 4.48. The molecule has 0 aliphatic rings. The van der Waals surface area contributed by atoms with E-state index in [0.29, 0.717) is 36.2 Å². The standard InChI is InChI=1S/C26H26N8O2/c1-4-7-20(35)21-22-23(26(36)31-28-21)34(25(27-22)15(2)3)14-16-10-12-17(13-11-16)18-8-5-6-9-19(18)24-29-32-33-30-24/h5-6,8-13,15H,4,7,14H2,1-3H3,(H,31,36)(H,29,30,32,33). The lowest BCUT2D eigenvalue weighted by molar-refractivity contribution is 0.0977. The van der Waals surface area contributed by atoms with Crippen LogP contribution in [0.25, 0.3) is 33.5 Å². The Morgan fingerprint density at radius 1 is 1.03 bits per heavy atom. The Labute approximate surface area is 206 Å². The molecule has 2 N–H and O–H groups in total. The summed E-state index contributed by atoms with van der Waals surface area (Å²) in [6.07, 6.45) is 1.05. The number of ketones is 1. The summed E-state index contributed by atoms with van der Waals surface area (Å²) in [4.78, 5) is 30.2. The predicted molar refractivity (Wildman–Crippen MR) is 136 cm³/mol. The highest BCUT2D eigenvalue weighted by Gasteiger charge is 2.23. The SMILES string of the molecule is CCCC(=O)c1n[nH]c(=O)c2c1nc(C(C)C)n2Cc1ccc(-c2ccccc2-c2nn[nH]n2)cc1. The molecule has 5 rings (SSSR count). The van der Waals surface area contributed by atoms with Crippen LogP contribution in [0.5, 0.6) is 0 Å². The fraction of sp³-hybridized carbons (Fsp3) is 0.269. The van der Waals surface area contributed by atoms with Crippen molar-refractivity contribution in [2.24, 2.45) is 0 Å². The van der Waals surface area contributed by atoms with Gasteiger partial charge in [0.15, 0.2) is 11.5 Å². The van der Waals surface area contributed by atoms with Gasteiger partial charge in [0.2, 0.25) is 5.82 Å². The molecule has 3 heterocycles. The number of H-pyrrole nitrogens is 2. The molecule has 36 heavy (non-hydrogen) atoms. The number of nitrogens with one attached hydrogen (secondary N) is 2. The monoisotopic (exact) mass is 482 g/mol. The molecule has 0 aliphatic heterocycles. The lowest BCUT2D eigenvalue weighted by atomic mass is 9.98. The maximum Gasteiger partial charge on any atom is 0.290 e. The van der Waals surface area contributed by atoms with Gasteiger partial charge in [-0.25, -0.2) is 10.1 Å². The second-order valence-electron chi connectivity index (χ2n) is 8.96. The number of imidazole rings is 1. The molecule has 0 radical (unpaired) electrons. The number of aromatic nitrogens is 8. The van der Waals surface area contributed by atoms with Gasteiger partial charge >= 0.3 is 0 Å². The van der Waals surface area contributed by atoms with E-state index >= 15 is 0 Å². The molecule has 0 saturated heterocycles. The molecule has 0 amide bonds. The number of fused-ring (bicyclic) bond motifs is 1. The Hall–Kier alpha value is -4.47. The fourth-order valence-corrected chi connectivity index (χ4v) is 4.40. The number of Topliss-reactive ketones (excluding diaryl/α,β-unsaturated/α-hetero) is 1. The van der Waals surface area contributed by atoms with Crippen LogP contribution in [0.3, 0.4) is 0 Å². The van der Waals surface area contributed by atoms with Crippen molar-refractivity contribution in [2.75, 3.05) is 0 Å². The molecule has 10 nitrogen and oxygen atoms in total. The molecular formula is C26H26N8O2. The third-order valence-electron chi connectivity index (χ3n) is 6.08. The van der Waals surface area contributed by atoms with Gasteiger partial charge < -0.3 is 4.57 Å². The van der Waals surface area contributed by atoms with E-state index in [-0.39, 0.29) is 23.0 Å². The lowest BCUT2D eigenvalue weighted by Crippen LogP contribution is -2.17. The van der Waals surface area contributed by atoms with Crippen molar-refractivity contribution in [3.8, 4) is 22.5 Å². The predicted octanol–water partition coefficient (Wildman–Crippen LogP) is 4.12. The van der Waals surface area contributed by atoms with Gasteiger partial charge in [0.05, 0.1) is 0 Å². The Morgan fingerprint density at radius 2 is 1.78 bits per heavy atom. The maximum atomic E-state index is 12.8. The first kappa shape index (κ1) is 23.3. The molecule has 0 atom stereocenters. The molecule has 0 bridgehead atoms. The van der Waals surface area contributed by atoms with E-state index in [9.17, 15) is 9.59 Å². The summed E-state index contributed by atoms with van der Waals surface area (Å²) >= 11 is 0. The van der Waals surface area contributed by atoms with Gasteiger partial charge in [-0.05, 0) is 28.3 Å². The van der Waals surface area contributed by atoms with Crippen LogP contribution in [0.15, 0.2) is 53.3 Å². The Bertz CT molecular complexity index is 1580. The van der Waals surface area contributed by atoms with E-state index in [4.69, 9.17) is 4.98 Å². The summed E-state index contributed by atoms with van der Waals surface area (Å²) in [7, 11) is 0. The molecule has 0 aliphatic carbocycles. The minimum Gasteiger partial charge on any atom is -0.319 e. The molecule has 3 aromatic heterocycles. The normalized spacial score (nSPS) is 11.4. The van der Waals surface area contributed by atoms with Crippen LogP contribution >= 0.6 is 0 Å². The number of carbonyl (C=O) groups is 1. The van der Waals surface area contributed by atoms with Gasteiger partial charge in [0.25, 0.3) is 5.56 Å². The minimum absolute atomic E-state index is 0.0482. The number of tetrazole rings is 1. The average Bonchev–Trinajstić information content (AvgIpc) is 3.54. The van der Waals surface area contributed by atoms with Crippen molar-refractivity contribution in [1.29, 1.82) is 0 Å². The smallest absolute Gasteiger partial charge is 0.290 e. The van der Waals surface area contributed by atoms with Crippen LogP contribution in [0.4, 0.5) is 0 Å². The van der Waals surface area contributed by atoms with Crippen molar-refractivity contribution < 1.29 is 4.79 Å². The molecular weight excluding hydrogens is 456 g/mol. The Balaban J connectivity index is 1.54. The molecule has 0 spiro atoms. The summed E-state index contributed by atoms with van der Waals surface area (Å²) in [5.74, 6) is 1.19. The quantitative estimate of drug-likeness (QED) is 0.318. The highest BCUT2D eigenvalue weighted by molar-refractivity contribution is 6.04. The number of carbonyl (C=O) groups excluding carboxylic acids is 1. The average molecular weight is 483 g/mol. The van der Waals surface area contributed by atoms with Crippen molar-refractivity contribution in [2.45, 2.75) is 46.1 Å². The van der Waals surface area contributed by atoms with Crippen LogP contribution in [-0.2, 0) is 6.54 Å². The number of benzene rings is 2. The highest BCUT2D eigenvalue weighted by atomic mass is 16.1. The molecule has 0 saturated carbocycles. The van der Waals surface area contributed by atoms with Gasteiger partial charge in [-0.15, -0.1) is 10.2 Å². The zero-order chi connectivity index (χ0) is 25.2. The summed E-state index contributed by atoms with van der Waals surface area (Å²) in [6.45, 7) is 6.41. The summed E-state index contributed by atoms with van der Waals surface area (Å²) in [6, 6.07) is 16.0. The lowest BCUT2D eigenvalue weighted by Gasteiger charge is -2.12. The Kier molecular flexibility index (Phi) is 6.24. The molecule has 10 heteroatoms. The minimum atomic E-state index is -0.358. The van der Waals surface area contributed by atoms with E-state index in [1.54, 1.807) is 0 Å². The highest BCUT2D eigenvalue weighted by Crippen LogP contribution is 2.30. The van der Waals surface area contributed by atoms with Gasteiger partial charge in [0, 0.05) is 24.4 Å². The number of aromatic amines is 2. The number of rotatable bonds is 8. The Morgan fingerprint density at radius 3 is 2.44 bits per heavy atom. The third kappa shape index (κ3) is 4.21. The van der Waals surface area contributed by atoms with E-state index in [2.05, 4.69) is 30.8 Å². The second-order valence-corrected chi connectivity index (χ2v) is 8.96. The second kappa shape index (κ2) is 9.65. The number of hydrogen-bond acceptors (Lipinski definition) is 7. The van der Waals surface area contributed by atoms with Gasteiger partial charge in [-0.1, -0.05) is 69.3 Å². The fourth-order valence-electron chi connectivity index (χ4n) is 4.40. The summed E-state index contributed by atoms with van der Waals surface area (Å²) < 4.78 is 1.89. The largest absolute Gasteiger partial charge is 0.319 e. The van der Waals surface area contributed by atoms with Crippen molar-refractivity contribution in [3.63, 3.8) is 0 Å². The van der Waals surface area contributed by atoms with E-state index < -0.39 is 0 Å². The first-order chi connectivity index (χ1) is 17.5. The molecule has 2 aromatic carbocycles. The summed E-state index contributed by atoms with van der Waals surface area (Å²) in [5, 5.41) is 20.9. The topological polar surface area (TPSA) is 135 Å². The van der Waals surface area contributed by atoms with Crippen LogP contribution in [0.2, 0.25) is 0 Å². The van der Waals surface area contributed by atoms with E-state index in [1.165, 1.54) is 0 Å². The van der Waals surface area contributed by atoms with Crippen LogP contribution in [0, 0.1) is 0 Å². The van der Waals surface area contributed by atoms with Crippen molar-refractivity contribution in [1.82, 2.24) is 40.4 Å². The van der Waals surface area contributed by atoms with Crippen molar-refractivity contribution in [3.05, 3.63) is 76.0 Å². The first-order valence-corrected chi connectivity index (χ1v) is 11.9. The van der Waals surface area contributed by atoms with Gasteiger partial charge in [-0.2, -0.15) is 10.3 Å². The maximum absolute atomic E-state index is 12.8. The van der Waals surface area contributed by atoms with Crippen LogP contribution in [0.1, 0.15) is 61.4 Å². The van der Waals surface area contributed by atoms with E-state index in [1.807, 2.05) is 73.9 Å². The first-order valence-electron chi connectivity index (χ1n) is 11.9. The van der Waals surface area contributed by atoms with Crippen LogP contribution < -0.4 is 5.56 Å². The third-order valence-corrected chi connectivity index (χ3v) is 6.08. The molecule has 5 aromatic rings. The number of nitrogens with zero attached hydrogens (tertiary/aromatic N) is 6. The zero-order valence-corrected chi connectivity index (χ0v) is 20.3. The van der Waals surface area contributed by atoms with Gasteiger partial charge in [0.1, 0.15) is 16.9 Å². The van der Waals surface area contributed by atoms with Crippen molar-refractivity contribution >= 4 is 16.8 Å². The van der Waals surface area contributed by atoms with E-state index in [0.717, 1.165) is 28.1 Å². The number of hydrogen-bond donors (Lipinski definition) is 2. The van der Waals surface area contributed by atoms with Crippen LogP contribution in [-0.4, -0.2) is 46.2 Å². The molecule has 0 fully saturated rings. The molecule has 182 valence electrons. The zero-order valence-electron chi connectivity index (χ0n) is 20.3. The molecule has 0 unspecified atom stereocenters.